The van der Waals surface area contributed by atoms with E-state index in [-0.39, 0.29) is 11.7 Å². The molecule has 1 atom stereocenters. The Kier molecular flexibility index (Phi) is 4.91. The third-order valence-electron chi connectivity index (χ3n) is 4.07. The minimum absolute atomic E-state index is 0.00637. The molecule has 2 aromatic rings. The van der Waals surface area contributed by atoms with Crippen molar-refractivity contribution in [1.82, 2.24) is 5.32 Å². The molecule has 0 spiro atoms. The quantitative estimate of drug-likeness (QED) is 0.921. The smallest absolute Gasteiger partial charge is 0.220 e. The van der Waals surface area contributed by atoms with E-state index in [9.17, 15) is 9.18 Å². The van der Waals surface area contributed by atoms with Crippen molar-refractivity contribution in [1.29, 1.82) is 0 Å². The lowest BCUT2D eigenvalue weighted by atomic mass is 9.96. The molecule has 1 aliphatic rings. The molecular formula is C19H20FNO2. The van der Waals surface area contributed by atoms with Crippen molar-refractivity contribution < 1.29 is 13.9 Å². The first-order valence-corrected chi connectivity index (χ1v) is 7.92. The van der Waals surface area contributed by atoms with E-state index in [1.54, 1.807) is 6.07 Å². The lowest BCUT2D eigenvalue weighted by molar-refractivity contribution is -0.121. The van der Waals surface area contributed by atoms with E-state index in [1.165, 1.54) is 17.7 Å². The van der Waals surface area contributed by atoms with Gasteiger partial charge in [-0.05, 0) is 42.2 Å². The monoisotopic (exact) mass is 313 g/mol. The van der Waals surface area contributed by atoms with Crippen LogP contribution in [-0.4, -0.2) is 19.1 Å². The molecule has 0 saturated heterocycles. The van der Waals surface area contributed by atoms with Gasteiger partial charge in [-0.3, -0.25) is 4.79 Å². The maximum absolute atomic E-state index is 13.1. The summed E-state index contributed by atoms with van der Waals surface area (Å²) in [6.07, 6.45) is 1.83. The van der Waals surface area contributed by atoms with E-state index in [2.05, 4.69) is 11.4 Å². The van der Waals surface area contributed by atoms with Crippen LogP contribution >= 0.6 is 0 Å². The number of rotatable bonds is 5. The fourth-order valence-electron chi connectivity index (χ4n) is 2.82. The zero-order valence-electron chi connectivity index (χ0n) is 12.9. The van der Waals surface area contributed by atoms with Gasteiger partial charge in [-0.1, -0.05) is 30.3 Å². The van der Waals surface area contributed by atoms with Crippen molar-refractivity contribution >= 4 is 5.91 Å². The molecule has 0 fully saturated rings. The normalized spacial score (nSPS) is 16.3. The Balaban J connectivity index is 1.43. The van der Waals surface area contributed by atoms with Gasteiger partial charge >= 0.3 is 0 Å². The average molecular weight is 313 g/mol. The summed E-state index contributed by atoms with van der Waals surface area (Å²) in [6.45, 7) is 1.23. The molecule has 1 aliphatic heterocycles. The van der Waals surface area contributed by atoms with Crippen LogP contribution in [0.1, 0.15) is 17.5 Å². The number of nitrogens with one attached hydrogen (secondary N) is 1. The number of ether oxygens (including phenoxy) is 1. The number of hydrogen-bond acceptors (Lipinski definition) is 2. The van der Waals surface area contributed by atoms with Crippen LogP contribution in [0, 0.1) is 11.7 Å². The fourth-order valence-corrected chi connectivity index (χ4v) is 2.82. The minimum Gasteiger partial charge on any atom is -0.493 e. The van der Waals surface area contributed by atoms with Crippen LogP contribution in [0.3, 0.4) is 0 Å². The summed E-state index contributed by atoms with van der Waals surface area (Å²) in [7, 11) is 0. The molecule has 0 saturated carbocycles. The highest BCUT2D eigenvalue weighted by Crippen LogP contribution is 2.26. The third-order valence-corrected chi connectivity index (χ3v) is 4.07. The highest BCUT2D eigenvalue weighted by atomic mass is 19.1. The molecule has 23 heavy (non-hydrogen) atoms. The van der Waals surface area contributed by atoms with E-state index in [0.717, 1.165) is 17.7 Å². The van der Waals surface area contributed by atoms with Gasteiger partial charge in [0.15, 0.2) is 0 Å². The topological polar surface area (TPSA) is 38.3 Å². The Hall–Kier alpha value is -2.36. The van der Waals surface area contributed by atoms with Gasteiger partial charge in [0.2, 0.25) is 5.91 Å². The van der Waals surface area contributed by atoms with Crippen LogP contribution in [0.15, 0.2) is 48.5 Å². The number of fused-ring (bicyclic) bond motifs is 1. The summed E-state index contributed by atoms with van der Waals surface area (Å²) in [5.74, 6) is 0.971. The van der Waals surface area contributed by atoms with Crippen LogP contribution in [-0.2, 0) is 17.6 Å². The molecule has 2 aromatic carbocycles. The molecule has 3 rings (SSSR count). The molecular weight excluding hydrogens is 293 g/mol. The Bertz CT molecular complexity index is 687. The maximum atomic E-state index is 13.1. The highest BCUT2D eigenvalue weighted by molar-refractivity contribution is 5.76. The molecule has 1 amide bonds. The predicted molar refractivity (Wildman–Crippen MR) is 86.9 cm³/mol. The molecule has 0 radical (unpaired) electrons. The number of benzene rings is 2. The lowest BCUT2D eigenvalue weighted by Crippen LogP contribution is -2.34. The second kappa shape index (κ2) is 7.27. The Labute approximate surface area is 135 Å². The number of aryl methyl sites for hydroxylation is 1. The molecule has 1 N–H and O–H groups in total. The van der Waals surface area contributed by atoms with Gasteiger partial charge in [0.25, 0.3) is 0 Å². The van der Waals surface area contributed by atoms with Crippen molar-refractivity contribution in [3.05, 3.63) is 65.5 Å². The first-order chi connectivity index (χ1) is 11.2. The lowest BCUT2D eigenvalue weighted by Gasteiger charge is -2.25. The van der Waals surface area contributed by atoms with E-state index in [1.807, 2.05) is 24.3 Å². The summed E-state index contributed by atoms with van der Waals surface area (Å²) in [5, 5.41) is 2.96. The van der Waals surface area contributed by atoms with Crippen LogP contribution in [0.25, 0.3) is 0 Å². The summed E-state index contributed by atoms with van der Waals surface area (Å²) in [4.78, 5) is 11.9. The van der Waals surface area contributed by atoms with Gasteiger partial charge in [0.05, 0.1) is 6.61 Å². The van der Waals surface area contributed by atoms with Gasteiger partial charge in [-0.25, -0.2) is 4.39 Å². The molecule has 120 valence electrons. The molecule has 0 aromatic heterocycles. The minimum atomic E-state index is -0.263. The van der Waals surface area contributed by atoms with Gasteiger partial charge in [-0.15, -0.1) is 0 Å². The fraction of sp³-hybridized carbons (Fsp3) is 0.316. The molecule has 1 unspecified atom stereocenters. The SMILES string of the molecule is O=C(CCc1cccc(F)c1)NCC1COc2ccccc2C1. The molecule has 3 nitrogen and oxygen atoms in total. The second-order valence-corrected chi connectivity index (χ2v) is 5.92. The van der Waals surface area contributed by atoms with Crippen molar-refractivity contribution in [3.8, 4) is 5.75 Å². The standard InChI is InChI=1S/C19H20FNO2/c20-17-6-3-4-14(11-17)8-9-19(22)21-12-15-10-16-5-1-2-7-18(16)23-13-15/h1-7,11,15H,8-10,12-13H2,(H,21,22). The number of amides is 1. The van der Waals surface area contributed by atoms with Crippen LogP contribution < -0.4 is 10.1 Å². The van der Waals surface area contributed by atoms with E-state index in [4.69, 9.17) is 4.74 Å². The van der Waals surface area contributed by atoms with Crippen molar-refractivity contribution in [2.24, 2.45) is 5.92 Å². The summed E-state index contributed by atoms with van der Waals surface area (Å²) in [5.41, 5.74) is 2.04. The van der Waals surface area contributed by atoms with Crippen LogP contribution in [0.4, 0.5) is 4.39 Å². The van der Waals surface area contributed by atoms with Crippen LogP contribution in [0.5, 0.6) is 5.75 Å². The molecule has 4 heteroatoms. The zero-order chi connectivity index (χ0) is 16.1. The number of para-hydroxylation sites is 1. The predicted octanol–water partition coefficient (Wildman–Crippen LogP) is 3.13. The summed E-state index contributed by atoms with van der Waals surface area (Å²) in [6, 6.07) is 14.4. The third kappa shape index (κ3) is 4.31. The Morgan fingerprint density at radius 1 is 1.22 bits per heavy atom. The van der Waals surface area contributed by atoms with Crippen LogP contribution in [0.2, 0.25) is 0 Å². The molecule has 1 heterocycles. The number of hydrogen-bond donors (Lipinski definition) is 1. The van der Waals surface area contributed by atoms with E-state index < -0.39 is 0 Å². The number of halogens is 1. The van der Waals surface area contributed by atoms with Crippen molar-refractivity contribution in [2.45, 2.75) is 19.3 Å². The zero-order valence-corrected chi connectivity index (χ0v) is 12.9. The van der Waals surface area contributed by atoms with Gasteiger partial charge in [0, 0.05) is 18.9 Å². The molecule has 0 aliphatic carbocycles. The van der Waals surface area contributed by atoms with E-state index in [0.29, 0.717) is 31.9 Å². The first-order valence-electron chi connectivity index (χ1n) is 7.92. The Morgan fingerprint density at radius 2 is 2.09 bits per heavy atom. The van der Waals surface area contributed by atoms with Crippen molar-refractivity contribution in [2.75, 3.05) is 13.2 Å². The number of carbonyl (C=O) groups excluding carboxylic acids is 1. The Morgan fingerprint density at radius 3 is 2.96 bits per heavy atom. The number of carbonyl (C=O) groups is 1. The largest absolute Gasteiger partial charge is 0.493 e. The summed E-state index contributed by atoms with van der Waals surface area (Å²) < 4.78 is 18.8. The second-order valence-electron chi connectivity index (χ2n) is 5.92. The molecule has 0 bridgehead atoms. The average Bonchev–Trinajstić information content (AvgIpc) is 2.58. The van der Waals surface area contributed by atoms with Gasteiger partial charge in [0.1, 0.15) is 11.6 Å². The van der Waals surface area contributed by atoms with Gasteiger partial charge < -0.3 is 10.1 Å². The van der Waals surface area contributed by atoms with Gasteiger partial charge in [-0.2, -0.15) is 0 Å². The van der Waals surface area contributed by atoms with Crippen molar-refractivity contribution in [3.63, 3.8) is 0 Å². The first kappa shape index (κ1) is 15.5. The van der Waals surface area contributed by atoms with E-state index >= 15 is 0 Å². The highest BCUT2D eigenvalue weighted by Gasteiger charge is 2.19. The maximum Gasteiger partial charge on any atom is 0.220 e. The summed E-state index contributed by atoms with van der Waals surface area (Å²) >= 11 is 0.